The molecule has 0 aliphatic heterocycles. The zero-order valence-electron chi connectivity index (χ0n) is 12.9. The van der Waals surface area contributed by atoms with Gasteiger partial charge in [0, 0.05) is 17.1 Å². The van der Waals surface area contributed by atoms with Gasteiger partial charge in [0.25, 0.3) is 0 Å². The molecule has 9 heteroatoms. The van der Waals surface area contributed by atoms with E-state index in [0.717, 1.165) is 4.70 Å². The van der Waals surface area contributed by atoms with Gasteiger partial charge in [0.05, 0.1) is 15.9 Å². The summed E-state index contributed by atoms with van der Waals surface area (Å²) in [6.45, 7) is 1.41. The van der Waals surface area contributed by atoms with Gasteiger partial charge in [0.2, 0.25) is 5.91 Å². The van der Waals surface area contributed by atoms with E-state index in [9.17, 15) is 14.0 Å². The molecular formula is C16H12BrFN4O2S. The number of anilines is 3. The number of hydrogen-bond donors (Lipinski definition) is 3. The molecule has 3 N–H and O–H groups in total. The number of nitrogens with zero attached hydrogens (tertiary/aromatic N) is 1. The molecule has 3 amide bonds. The largest absolute Gasteiger partial charge is 0.323 e. The Bertz CT molecular complexity index is 976. The lowest BCUT2D eigenvalue weighted by Gasteiger charge is -2.08. The van der Waals surface area contributed by atoms with E-state index >= 15 is 0 Å². The molecule has 25 heavy (non-hydrogen) atoms. The van der Waals surface area contributed by atoms with Crippen LogP contribution in [0.1, 0.15) is 6.92 Å². The highest BCUT2D eigenvalue weighted by Crippen LogP contribution is 2.28. The van der Waals surface area contributed by atoms with Gasteiger partial charge in [-0.05, 0) is 36.4 Å². The highest BCUT2D eigenvalue weighted by atomic mass is 79.9. The quantitative estimate of drug-likeness (QED) is 0.566. The number of rotatable bonds is 3. The van der Waals surface area contributed by atoms with Crippen molar-refractivity contribution in [1.29, 1.82) is 0 Å². The highest BCUT2D eigenvalue weighted by molar-refractivity contribution is 9.10. The number of amides is 3. The summed E-state index contributed by atoms with van der Waals surface area (Å²) < 4.78 is 15.1. The van der Waals surface area contributed by atoms with Crippen LogP contribution in [0.25, 0.3) is 10.2 Å². The van der Waals surface area contributed by atoms with Crippen LogP contribution in [0.4, 0.5) is 25.7 Å². The number of benzene rings is 2. The number of aromatic nitrogens is 1. The molecule has 128 valence electrons. The maximum Gasteiger partial charge on any atom is 0.323 e. The molecule has 2 aromatic carbocycles. The Labute approximate surface area is 154 Å². The van der Waals surface area contributed by atoms with Gasteiger partial charge in [-0.3, -0.25) is 4.79 Å². The van der Waals surface area contributed by atoms with Crippen molar-refractivity contribution in [3.05, 3.63) is 46.7 Å². The minimum absolute atomic E-state index is 0.0764. The summed E-state index contributed by atoms with van der Waals surface area (Å²) in [5.74, 6) is -0.740. The van der Waals surface area contributed by atoms with E-state index in [1.54, 1.807) is 24.3 Å². The topological polar surface area (TPSA) is 83.1 Å². The van der Waals surface area contributed by atoms with Gasteiger partial charge in [-0.1, -0.05) is 27.3 Å². The molecule has 3 rings (SSSR count). The van der Waals surface area contributed by atoms with Gasteiger partial charge in [0.1, 0.15) is 5.82 Å². The van der Waals surface area contributed by atoms with Crippen LogP contribution in [0.3, 0.4) is 0 Å². The Kier molecular flexibility index (Phi) is 4.95. The molecule has 3 aromatic rings. The number of carbonyl (C=O) groups excluding carboxylic acids is 2. The van der Waals surface area contributed by atoms with Crippen LogP contribution >= 0.6 is 27.3 Å². The van der Waals surface area contributed by atoms with Crippen molar-refractivity contribution in [2.45, 2.75) is 6.92 Å². The van der Waals surface area contributed by atoms with E-state index in [1.807, 2.05) is 0 Å². The second-order valence-corrected chi connectivity index (χ2v) is 7.03. The summed E-state index contributed by atoms with van der Waals surface area (Å²) in [6.07, 6.45) is 0. The lowest BCUT2D eigenvalue weighted by molar-refractivity contribution is -0.114. The standard InChI is InChI=1S/C16H12BrFN4O2S/c1-8(23)19-16-22-13-5-3-10(7-14(13)25-16)20-15(24)21-12-4-2-9(17)6-11(12)18/h2-7H,1H3,(H,19,22,23)(H2,20,21,24). The Morgan fingerprint density at radius 2 is 1.92 bits per heavy atom. The fraction of sp³-hybridized carbons (Fsp3) is 0.0625. The number of urea groups is 1. The summed E-state index contributed by atoms with van der Waals surface area (Å²) in [4.78, 5) is 27.4. The number of halogens is 2. The maximum atomic E-state index is 13.8. The molecule has 0 saturated carbocycles. The van der Waals surface area contributed by atoms with Crippen LogP contribution < -0.4 is 16.0 Å². The Hall–Kier alpha value is -2.52. The van der Waals surface area contributed by atoms with Crippen molar-refractivity contribution in [3.8, 4) is 0 Å². The van der Waals surface area contributed by atoms with Crippen molar-refractivity contribution < 1.29 is 14.0 Å². The molecule has 1 aromatic heterocycles. The van der Waals surface area contributed by atoms with Crippen LogP contribution in [0, 0.1) is 5.82 Å². The molecule has 0 bridgehead atoms. The first kappa shape index (κ1) is 17.3. The molecule has 0 atom stereocenters. The van der Waals surface area contributed by atoms with E-state index in [0.29, 0.717) is 20.8 Å². The maximum absolute atomic E-state index is 13.8. The van der Waals surface area contributed by atoms with Gasteiger partial charge in [-0.25, -0.2) is 14.2 Å². The average Bonchev–Trinajstić information content (AvgIpc) is 2.90. The summed E-state index contributed by atoms with van der Waals surface area (Å²) in [5, 5.41) is 8.20. The number of thiazole rings is 1. The van der Waals surface area contributed by atoms with E-state index in [1.165, 1.54) is 30.4 Å². The van der Waals surface area contributed by atoms with Gasteiger partial charge in [-0.15, -0.1) is 0 Å². The van der Waals surface area contributed by atoms with Crippen molar-refractivity contribution in [3.63, 3.8) is 0 Å². The Morgan fingerprint density at radius 3 is 2.64 bits per heavy atom. The SMILES string of the molecule is CC(=O)Nc1nc2ccc(NC(=O)Nc3ccc(Br)cc3F)cc2s1. The minimum Gasteiger partial charge on any atom is -0.308 e. The lowest BCUT2D eigenvalue weighted by Crippen LogP contribution is -2.20. The summed E-state index contributed by atoms with van der Waals surface area (Å²) in [5.41, 5.74) is 1.31. The Balaban J connectivity index is 1.73. The third-order valence-electron chi connectivity index (χ3n) is 3.11. The lowest BCUT2D eigenvalue weighted by atomic mass is 10.3. The minimum atomic E-state index is -0.563. The first-order valence-electron chi connectivity index (χ1n) is 7.12. The van der Waals surface area contributed by atoms with E-state index in [4.69, 9.17) is 0 Å². The first-order valence-corrected chi connectivity index (χ1v) is 8.73. The van der Waals surface area contributed by atoms with Crippen LogP contribution in [-0.4, -0.2) is 16.9 Å². The van der Waals surface area contributed by atoms with Crippen molar-refractivity contribution in [2.24, 2.45) is 0 Å². The summed E-state index contributed by atoms with van der Waals surface area (Å²) in [6, 6.07) is 8.94. The van der Waals surface area contributed by atoms with E-state index < -0.39 is 11.8 Å². The zero-order valence-corrected chi connectivity index (χ0v) is 15.3. The molecule has 1 heterocycles. The van der Waals surface area contributed by atoms with E-state index in [-0.39, 0.29) is 11.6 Å². The average molecular weight is 423 g/mol. The number of fused-ring (bicyclic) bond motifs is 1. The third-order valence-corrected chi connectivity index (χ3v) is 4.54. The molecule has 0 spiro atoms. The number of hydrogen-bond acceptors (Lipinski definition) is 4. The predicted molar refractivity (Wildman–Crippen MR) is 101 cm³/mol. The first-order chi connectivity index (χ1) is 11.9. The predicted octanol–water partition coefficient (Wildman–Crippen LogP) is 4.80. The zero-order chi connectivity index (χ0) is 18.0. The molecule has 0 saturated heterocycles. The van der Waals surface area contributed by atoms with Crippen LogP contribution in [0.2, 0.25) is 0 Å². The molecule has 6 nitrogen and oxygen atoms in total. The molecule has 0 radical (unpaired) electrons. The van der Waals surface area contributed by atoms with Gasteiger partial charge < -0.3 is 16.0 Å². The van der Waals surface area contributed by atoms with Crippen molar-refractivity contribution in [2.75, 3.05) is 16.0 Å². The number of carbonyl (C=O) groups is 2. The van der Waals surface area contributed by atoms with Crippen LogP contribution in [0.15, 0.2) is 40.9 Å². The van der Waals surface area contributed by atoms with Gasteiger partial charge in [0.15, 0.2) is 5.13 Å². The monoisotopic (exact) mass is 422 g/mol. The summed E-state index contributed by atoms with van der Waals surface area (Å²) in [7, 11) is 0. The highest BCUT2D eigenvalue weighted by Gasteiger charge is 2.10. The normalized spacial score (nSPS) is 10.5. The van der Waals surface area contributed by atoms with Gasteiger partial charge >= 0.3 is 6.03 Å². The Morgan fingerprint density at radius 1 is 1.12 bits per heavy atom. The fourth-order valence-corrected chi connectivity index (χ4v) is 3.37. The fourth-order valence-electron chi connectivity index (χ4n) is 2.08. The van der Waals surface area contributed by atoms with E-state index in [2.05, 4.69) is 36.9 Å². The number of nitrogens with one attached hydrogen (secondary N) is 3. The smallest absolute Gasteiger partial charge is 0.308 e. The molecular weight excluding hydrogens is 411 g/mol. The molecule has 0 aliphatic carbocycles. The molecule has 0 fully saturated rings. The molecule has 0 unspecified atom stereocenters. The van der Waals surface area contributed by atoms with Gasteiger partial charge in [-0.2, -0.15) is 0 Å². The third kappa shape index (κ3) is 4.31. The second kappa shape index (κ2) is 7.16. The van der Waals surface area contributed by atoms with Crippen LogP contribution in [-0.2, 0) is 4.79 Å². The van der Waals surface area contributed by atoms with Crippen molar-refractivity contribution in [1.82, 2.24) is 4.98 Å². The van der Waals surface area contributed by atoms with Crippen LogP contribution in [0.5, 0.6) is 0 Å². The molecule has 0 aliphatic rings. The summed E-state index contributed by atoms with van der Waals surface area (Å²) >= 11 is 4.45. The van der Waals surface area contributed by atoms with Crippen molar-refractivity contribution >= 4 is 65.9 Å². The second-order valence-electron chi connectivity index (χ2n) is 5.09.